The van der Waals surface area contributed by atoms with Gasteiger partial charge in [-0.2, -0.15) is 0 Å². The van der Waals surface area contributed by atoms with Gasteiger partial charge in [0.05, 0.1) is 17.1 Å². The SMILES string of the molecule is C=CCN1C(=O)/C(=C/c2ccc(OC(=O)c3ccc(F)cc3)c(OCC)c2)SC1=S. The van der Waals surface area contributed by atoms with Gasteiger partial charge in [-0.1, -0.05) is 36.1 Å². The molecule has 2 aromatic carbocycles. The van der Waals surface area contributed by atoms with Crippen molar-refractivity contribution in [2.75, 3.05) is 13.2 Å². The third-order valence-electron chi connectivity index (χ3n) is 4.03. The van der Waals surface area contributed by atoms with E-state index in [1.54, 1.807) is 37.3 Å². The van der Waals surface area contributed by atoms with Gasteiger partial charge >= 0.3 is 5.97 Å². The molecule has 3 rings (SSSR count). The second-order valence-corrected chi connectivity index (χ2v) is 7.79. The number of rotatable bonds is 7. The quantitative estimate of drug-likeness (QED) is 0.201. The summed E-state index contributed by atoms with van der Waals surface area (Å²) in [7, 11) is 0. The number of halogens is 1. The van der Waals surface area contributed by atoms with Crippen molar-refractivity contribution in [3.63, 3.8) is 0 Å². The molecule has 1 amide bonds. The van der Waals surface area contributed by atoms with E-state index in [-0.39, 0.29) is 17.2 Å². The zero-order chi connectivity index (χ0) is 21.7. The summed E-state index contributed by atoms with van der Waals surface area (Å²) in [6.07, 6.45) is 3.32. The maximum absolute atomic E-state index is 13.1. The van der Waals surface area contributed by atoms with Gasteiger partial charge in [-0.3, -0.25) is 9.69 Å². The number of benzene rings is 2. The molecule has 0 aromatic heterocycles. The molecule has 1 fully saturated rings. The van der Waals surface area contributed by atoms with E-state index in [1.165, 1.54) is 40.9 Å². The minimum Gasteiger partial charge on any atom is -0.490 e. The smallest absolute Gasteiger partial charge is 0.343 e. The number of amides is 1. The fourth-order valence-electron chi connectivity index (χ4n) is 2.65. The lowest BCUT2D eigenvalue weighted by molar-refractivity contribution is -0.121. The molecule has 0 aliphatic carbocycles. The zero-order valence-electron chi connectivity index (χ0n) is 16.1. The number of hydrogen-bond donors (Lipinski definition) is 0. The highest BCUT2D eigenvalue weighted by molar-refractivity contribution is 8.26. The molecule has 1 heterocycles. The molecule has 0 N–H and O–H groups in total. The van der Waals surface area contributed by atoms with Gasteiger partial charge in [0.15, 0.2) is 11.5 Å². The molecule has 1 aliphatic rings. The molecule has 0 spiro atoms. The first-order valence-corrected chi connectivity index (χ1v) is 10.3. The summed E-state index contributed by atoms with van der Waals surface area (Å²) in [5.74, 6) is -0.682. The number of carbonyl (C=O) groups is 2. The molecule has 1 saturated heterocycles. The Labute approximate surface area is 183 Å². The van der Waals surface area contributed by atoms with Crippen LogP contribution in [0.5, 0.6) is 11.5 Å². The summed E-state index contributed by atoms with van der Waals surface area (Å²) in [5.41, 5.74) is 0.910. The van der Waals surface area contributed by atoms with Gasteiger partial charge in [0.25, 0.3) is 5.91 Å². The van der Waals surface area contributed by atoms with E-state index in [4.69, 9.17) is 21.7 Å². The van der Waals surface area contributed by atoms with Crippen molar-refractivity contribution in [2.45, 2.75) is 6.92 Å². The molecule has 0 atom stereocenters. The van der Waals surface area contributed by atoms with Crippen molar-refractivity contribution in [2.24, 2.45) is 0 Å². The molecule has 1 aliphatic heterocycles. The van der Waals surface area contributed by atoms with Crippen LogP contribution >= 0.6 is 24.0 Å². The van der Waals surface area contributed by atoms with Crippen molar-refractivity contribution in [1.29, 1.82) is 0 Å². The summed E-state index contributed by atoms with van der Waals surface area (Å²) in [6.45, 7) is 6.14. The van der Waals surface area contributed by atoms with Gasteiger partial charge in [-0.05, 0) is 55.0 Å². The Morgan fingerprint density at radius 1 is 1.23 bits per heavy atom. The Bertz CT molecular complexity index is 1030. The summed E-state index contributed by atoms with van der Waals surface area (Å²) >= 11 is 6.45. The normalized spacial score (nSPS) is 14.9. The van der Waals surface area contributed by atoms with E-state index in [0.29, 0.717) is 33.7 Å². The maximum atomic E-state index is 13.1. The summed E-state index contributed by atoms with van der Waals surface area (Å²) in [6, 6.07) is 10.0. The molecule has 30 heavy (non-hydrogen) atoms. The van der Waals surface area contributed by atoms with E-state index >= 15 is 0 Å². The van der Waals surface area contributed by atoms with E-state index in [9.17, 15) is 14.0 Å². The third-order valence-corrected chi connectivity index (χ3v) is 5.41. The first-order chi connectivity index (χ1) is 14.4. The highest BCUT2D eigenvalue weighted by atomic mass is 32.2. The van der Waals surface area contributed by atoms with Crippen LogP contribution in [0.25, 0.3) is 6.08 Å². The number of hydrogen-bond acceptors (Lipinski definition) is 6. The van der Waals surface area contributed by atoms with Crippen molar-refractivity contribution in [1.82, 2.24) is 4.90 Å². The average molecular weight is 444 g/mol. The molecule has 2 aromatic rings. The van der Waals surface area contributed by atoms with Gasteiger partial charge in [0, 0.05) is 6.54 Å². The number of esters is 1. The van der Waals surface area contributed by atoms with E-state index in [2.05, 4.69) is 6.58 Å². The minimum atomic E-state index is -0.631. The van der Waals surface area contributed by atoms with Crippen molar-refractivity contribution < 1.29 is 23.5 Å². The van der Waals surface area contributed by atoms with Crippen molar-refractivity contribution in [3.05, 3.63) is 77.0 Å². The molecule has 0 saturated carbocycles. The lowest BCUT2D eigenvalue weighted by Gasteiger charge is -2.12. The first kappa shape index (κ1) is 21.7. The maximum Gasteiger partial charge on any atom is 0.343 e. The Kier molecular flexibility index (Phi) is 7.02. The number of nitrogens with zero attached hydrogens (tertiary/aromatic N) is 1. The van der Waals surface area contributed by atoms with E-state index < -0.39 is 11.8 Å². The second-order valence-electron chi connectivity index (χ2n) is 6.12. The first-order valence-electron chi connectivity index (χ1n) is 9.03. The predicted molar refractivity (Wildman–Crippen MR) is 119 cm³/mol. The number of thiocarbonyl (C=S) groups is 1. The van der Waals surface area contributed by atoms with Crippen LogP contribution < -0.4 is 9.47 Å². The second kappa shape index (κ2) is 9.69. The van der Waals surface area contributed by atoms with Crippen LogP contribution in [0.3, 0.4) is 0 Å². The lowest BCUT2D eigenvalue weighted by Crippen LogP contribution is -2.27. The highest BCUT2D eigenvalue weighted by Gasteiger charge is 2.31. The van der Waals surface area contributed by atoms with E-state index in [0.717, 1.165) is 0 Å². The van der Waals surface area contributed by atoms with Crippen LogP contribution in [0, 0.1) is 5.82 Å². The molecular weight excluding hydrogens is 425 g/mol. The zero-order valence-corrected chi connectivity index (χ0v) is 17.7. The summed E-state index contributed by atoms with van der Waals surface area (Å²) in [4.78, 5) is 26.8. The third kappa shape index (κ3) is 4.95. The van der Waals surface area contributed by atoms with Crippen LogP contribution in [0.4, 0.5) is 4.39 Å². The van der Waals surface area contributed by atoms with Gasteiger partial charge in [0.2, 0.25) is 0 Å². The average Bonchev–Trinajstić information content (AvgIpc) is 2.98. The van der Waals surface area contributed by atoms with Gasteiger partial charge in [-0.15, -0.1) is 6.58 Å². The summed E-state index contributed by atoms with van der Waals surface area (Å²) in [5, 5.41) is 0. The Balaban J connectivity index is 1.84. The monoisotopic (exact) mass is 443 g/mol. The Morgan fingerprint density at radius 2 is 1.97 bits per heavy atom. The Hall–Kier alpha value is -2.97. The lowest BCUT2D eigenvalue weighted by atomic mass is 10.1. The molecule has 8 heteroatoms. The number of ether oxygens (including phenoxy) is 2. The van der Waals surface area contributed by atoms with Crippen LogP contribution in [-0.2, 0) is 4.79 Å². The van der Waals surface area contributed by atoms with Crippen LogP contribution in [0.2, 0.25) is 0 Å². The molecule has 5 nitrogen and oxygen atoms in total. The largest absolute Gasteiger partial charge is 0.490 e. The molecule has 0 unspecified atom stereocenters. The van der Waals surface area contributed by atoms with Crippen LogP contribution in [-0.4, -0.2) is 34.2 Å². The fourth-order valence-corrected chi connectivity index (χ4v) is 3.92. The number of carbonyl (C=O) groups excluding carboxylic acids is 2. The molecule has 154 valence electrons. The van der Waals surface area contributed by atoms with Crippen molar-refractivity contribution in [3.8, 4) is 11.5 Å². The van der Waals surface area contributed by atoms with Crippen molar-refractivity contribution >= 4 is 46.3 Å². The topological polar surface area (TPSA) is 55.8 Å². The number of thioether (sulfide) groups is 1. The van der Waals surface area contributed by atoms with Gasteiger partial charge < -0.3 is 9.47 Å². The van der Waals surface area contributed by atoms with Gasteiger partial charge in [-0.25, -0.2) is 9.18 Å². The minimum absolute atomic E-state index is 0.185. The highest BCUT2D eigenvalue weighted by Crippen LogP contribution is 2.35. The molecular formula is C22H18FNO4S2. The van der Waals surface area contributed by atoms with Gasteiger partial charge in [0.1, 0.15) is 10.1 Å². The Morgan fingerprint density at radius 3 is 2.63 bits per heavy atom. The fraction of sp³-hybridized carbons (Fsp3) is 0.136. The predicted octanol–water partition coefficient (Wildman–Crippen LogP) is 4.83. The summed E-state index contributed by atoms with van der Waals surface area (Å²) < 4.78 is 24.5. The van der Waals surface area contributed by atoms with Crippen LogP contribution in [0.15, 0.2) is 60.0 Å². The molecule has 0 radical (unpaired) electrons. The van der Waals surface area contributed by atoms with E-state index in [1.807, 2.05) is 0 Å². The van der Waals surface area contributed by atoms with Crippen LogP contribution in [0.1, 0.15) is 22.8 Å². The molecule has 0 bridgehead atoms. The standard InChI is InChI=1S/C22H18FNO4S2/c1-3-11-24-20(25)19(30-22(24)29)13-14-5-10-17(18(12-14)27-4-2)28-21(26)15-6-8-16(23)9-7-15/h3,5-10,12-13H,1,4,11H2,2H3/b19-13-.